The third-order valence-electron chi connectivity index (χ3n) is 4.01. The standard InChI is InChI=1S/C23H21BrN2O3/c1-2-28-22-13-12-19(24)14-20(22)23(27)26-25-15-18-10-6-7-11-21(18)29-16-17-8-4-3-5-9-17/h3-15H,2,16H2,1H3,(H,26,27). The van der Waals surface area contributed by atoms with Crippen LogP contribution in [-0.4, -0.2) is 18.7 Å². The Morgan fingerprint density at radius 2 is 1.76 bits per heavy atom. The Morgan fingerprint density at radius 1 is 1.00 bits per heavy atom. The fourth-order valence-corrected chi connectivity index (χ4v) is 3.00. The fraction of sp³-hybridized carbons (Fsp3) is 0.130. The van der Waals surface area contributed by atoms with Crippen molar-refractivity contribution in [2.75, 3.05) is 6.61 Å². The molecule has 148 valence electrons. The van der Waals surface area contributed by atoms with Crippen molar-refractivity contribution in [1.82, 2.24) is 5.43 Å². The zero-order valence-electron chi connectivity index (χ0n) is 16.0. The van der Waals surface area contributed by atoms with Gasteiger partial charge in [0.1, 0.15) is 18.1 Å². The van der Waals surface area contributed by atoms with Gasteiger partial charge in [-0.2, -0.15) is 5.10 Å². The van der Waals surface area contributed by atoms with Crippen LogP contribution in [0.3, 0.4) is 0 Å². The molecule has 29 heavy (non-hydrogen) atoms. The summed E-state index contributed by atoms with van der Waals surface area (Å²) < 4.78 is 12.2. The van der Waals surface area contributed by atoms with E-state index in [2.05, 4.69) is 26.5 Å². The van der Waals surface area contributed by atoms with E-state index in [-0.39, 0.29) is 5.91 Å². The Hall–Kier alpha value is -3.12. The molecule has 0 saturated carbocycles. The molecule has 6 heteroatoms. The molecular formula is C23H21BrN2O3. The molecule has 1 amide bonds. The maximum atomic E-state index is 12.5. The first-order chi connectivity index (χ1) is 14.2. The quantitative estimate of drug-likeness (QED) is 0.377. The normalized spacial score (nSPS) is 10.7. The molecule has 0 unspecified atom stereocenters. The third-order valence-corrected chi connectivity index (χ3v) is 4.51. The predicted octanol–water partition coefficient (Wildman–Crippen LogP) is 5.19. The molecule has 0 aliphatic rings. The van der Waals surface area contributed by atoms with Gasteiger partial charge in [0.25, 0.3) is 5.91 Å². The lowest BCUT2D eigenvalue weighted by molar-refractivity contribution is 0.0951. The van der Waals surface area contributed by atoms with Gasteiger partial charge in [0, 0.05) is 10.0 Å². The maximum absolute atomic E-state index is 12.5. The second-order valence-electron chi connectivity index (χ2n) is 6.08. The summed E-state index contributed by atoms with van der Waals surface area (Å²) in [6, 6.07) is 22.7. The molecule has 0 atom stereocenters. The van der Waals surface area contributed by atoms with Crippen molar-refractivity contribution in [2.45, 2.75) is 13.5 Å². The number of hydrogen-bond acceptors (Lipinski definition) is 4. The minimum Gasteiger partial charge on any atom is -0.493 e. The number of rotatable bonds is 8. The SMILES string of the molecule is CCOc1ccc(Br)cc1C(=O)NN=Cc1ccccc1OCc1ccccc1. The van der Waals surface area contributed by atoms with Gasteiger partial charge < -0.3 is 9.47 Å². The van der Waals surface area contributed by atoms with Crippen LogP contribution < -0.4 is 14.9 Å². The monoisotopic (exact) mass is 452 g/mol. The lowest BCUT2D eigenvalue weighted by atomic mass is 10.2. The highest BCUT2D eigenvalue weighted by molar-refractivity contribution is 9.10. The zero-order valence-corrected chi connectivity index (χ0v) is 17.6. The summed E-state index contributed by atoms with van der Waals surface area (Å²) in [5, 5.41) is 4.09. The van der Waals surface area contributed by atoms with Gasteiger partial charge >= 0.3 is 0 Å². The van der Waals surface area contributed by atoms with E-state index in [1.165, 1.54) is 0 Å². The summed E-state index contributed by atoms with van der Waals surface area (Å²) in [5.74, 6) is 0.843. The van der Waals surface area contributed by atoms with Gasteiger partial charge in [-0.05, 0) is 42.8 Å². The fourth-order valence-electron chi connectivity index (χ4n) is 2.64. The molecule has 3 aromatic rings. The second kappa shape index (κ2) is 10.4. The average Bonchev–Trinajstić information content (AvgIpc) is 2.75. The minimum atomic E-state index is -0.353. The molecule has 0 aliphatic carbocycles. The number of carbonyl (C=O) groups is 1. The number of para-hydroxylation sites is 1. The zero-order chi connectivity index (χ0) is 20.5. The highest BCUT2D eigenvalue weighted by Gasteiger charge is 2.12. The molecule has 1 N–H and O–H groups in total. The Labute approximate surface area is 178 Å². The number of halogens is 1. The Bertz CT molecular complexity index is 990. The number of benzene rings is 3. The number of hydrogen-bond donors (Lipinski definition) is 1. The summed E-state index contributed by atoms with van der Waals surface area (Å²) in [7, 11) is 0. The highest BCUT2D eigenvalue weighted by Crippen LogP contribution is 2.23. The molecule has 3 rings (SSSR count). The molecule has 3 aromatic carbocycles. The van der Waals surface area contributed by atoms with E-state index in [1.807, 2.05) is 67.6 Å². The van der Waals surface area contributed by atoms with Crippen molar-refractivity contribution < 1.29 is 14.3 Å². The summed E-state index contributed by atoms with van der Waals surface area (Å²) in [5.41, 5.74) is 4.80. The largest absolute Gasteiger partial charge is 0.493 e. The van der Waals surface area contributed by atoms with E-state index >= 15 is 0 Å². The number of amides is 1. The van der Waals surface area contributed by atoms with E-state index < -0.39 is 0 Å². The van der Waals surface area contributed by atoms with E-state index in [0.29, 0.717) is 30.3 Å². The minimum absolute atomic E-state index is 0.353. The first-order valence-electron chi connectivity index (χ1n) is 9.19. The summed E-state index contributed by atoms with van der Waals surface area (Å²) in [4.78, 5) is 12.5. The summed E-state index contributed by atoms with van der Waals surface area (Å²) >= 11 is 3.38. The first kappa shape index (κ1) is 20.6. The first-order valence-corrected chi connectivity index (χ1v) is 9.98. The molecule has 0 aliphatic heterocycles. The molecule has 0 aromatic heterocycles. The summed E-state index contributed by atoms with van der Waals surface area (Å²) in [6.45, 7) is 2.79. The van der Waals surface area contributed by atoms with Crippen molar-refractivity contribution in [3.05, 3.63) is 94.0 Å². The highest BCUT2D eigenvalue weighted by atomic mass is 79.9. The molecule has 0 radical (unpaired) electrons. The van der Waals surface area contributed by atoms with Gasteiger partial charge in [-0.3, -0.25) is 4.79 Å². The third kappa shape index (κ3) is 5.93. The molecule has 0 heterocycles. The topological polar surface area (TPSA) is 59.9 Å². The van der Waals surface area contributed by atoms with Crippen molar-refractivity contribution >= 4 is 28.1 Å². The van der Waals surface area contributed by atoms with Crippen LogP contribution in [0, 0.1) is 0 Å². The molecular weight excluding hydrogens is 432 g/mol. The van der Waals surface area contributed by atoms with E-state index in [9.17, 15) is 4.79 Å². The Morgan fingerprint density at radius 3 is 2.55 bits per heavy atom. The van der Waals surface area contributed by atoms with Crippen LogP contribution in [0.2, 0.25) is 0 Å². The van der Waals surface area contributed by atoms with Gasteiger partial charge in [-0.1, -0.05) is 58.4 Å². The molecule has 0 fully saturated rings. The van der Waals surface area contributed by atoms with Crippen LogP contribution in [0.4, 0.5) is 0 Å². The summed E-state index contributed by atoms with van der Waals surface area (Å²) in [6.07, 6.45) is 1.57. The van der Waals surface area contributed by atoms with Gasteiger partial charge in [-0.25, -0.2) is 5.43 Å². The maximum Gasteiger partial charge on any atom is 0.275 e. The van der Waals surface area contributed by atoms with Crippen molar-refractivity contribution in [3.8, 4) is 11.5 Å². The van der Waals surface area contributed by atoms with Crippen molar-refractivity contribution in [3.63, 3.8) is 0 Å². The predicted molar refractivity (Wildman–Crippen MR) is 118 cm³/mol. The lowest BCUT2D eigenvalue weighted by Crippen LogP contribution is -2.19. The van der Waals surface area contributed by atoms with Crippen LogP contribution in [0.5, 0.6) is 11.5 Å². The van der Waals surface area contributed by atoms with Gasteiger partial charge in [-0.15, -0.1) is 0 Å². The van der Waals surface area contributed by atoms with Crippen LogP contribution >= 0.6 is 15.9 Å². The molecule has 0 bridgehead atoms. The van der Waals surface area contributed by atoms with Crippen molar-refractivity contribution in [2.24, 2.45) is 5.10 Å². The number of nitrogens with one attached hydrogen (secondary N) is 1. The molecule has 0 spiro atoms. The lowest BCUT2D eigenvalue weighted by Gasteiger charge is -2.10. The molecule has 0 saturated heterocycles. The number of ether oxygens (including phenoxy) is 2. The smallest absolute Gasteiger partial charge is 0.275 e. The number of nitrogens with zero attached hydrogens (tertiary/aromatic N) is 1. The Balaban J connectivity index is 1.68. The van der Waals surface area contributed by atoms with Crippen molar-refractivity contribution in [1.29, 1.82) is 0 Å². The van der Waals surface area contributed by atoms with Gasteiger partial charge in [0.05, 0.1) is 18.4 Å². The van der Waals surface area contributed by atoms with Crippen LogP contribution in [0.25, 0.3) is 0 Å². The molecule has 5 nitrogen and oxygen atoms in total. The van der Waals surface area contributed by atoms with Gasteiger partial charge in [0.2, 0.25) is 0 Å². The van der Waals surface area contributed by atoms with E-state index in [4.69, 9.17) is 9.47 Å². The van der Waals surface area contributed by atoms with Gasteiger partial charge in [0.15, 0.2) is 0 Å². The average molecular weight is 453 g/mol. The van der Waals surface area contributed by atoms with E-state index in [1.54, 1.807) is 18.3 Å². The Kier molecular flexibility index (Phi) is 7.41. The van der Waals surface area contributed by atoms with Crippen LogP contribution in [0.15, 0.2) is 82.4 Å². The van der Waals surface area contributed by atoms with Crippen LogP contribution in [0.1, 0.15) is 28.4 Å². The second-order valence-corrected chi connectivity index (χ2v) is 7.00. The number of carbonyl (C=O) groups excluding carboxylic acids is 1. The van der Waals surface area contributed by atoms with Crippen LogP contribution in [-0.2, 0) is 6.61 Å². The number of hydrazone groups is 1. The van der Waals surface area contributed by atoms with E-state index in [0.717, 1.165) is 15.6 Å².